The highest BCUT2D eigenvalue weighted by Gasteiger charge is 2.20. The smallest absolute Gasteiger partial charge is 0.350 e. The minimum atomic E-state index is -0.462. The molecule has 6 nitrogen and oxygen atoms in total. The Kier molecular flexibility index (Phi) is 3.00. The van der Waals surface area contributed by atoms with Gasteiger partial charge in [0.1, 0.15) is 27.2 Å². The summed E-state index contributed by atoms with van der Waals surface area (Å²) in [6.07, 6.45) is 4.01. The maximum Gasteiger partial charge on any atom is 0.350 e. The van der Waals surface area contributed by atoms with Crippen LogP contribution in [0.4, 0.5) is 5.69 Å². The number of nitrogen functional groups attached to an aromatic ring is 1. The van der Waals surface area contributed by atoms with Crippen molar-refractivity contribution in [1.29, 1.82) is 0 Å². The zero-order chi connectivity index (χ0) is 14.1. The van der Waals surface area contributed by atoms with Crippen molar-refractivity contribution in [2.24, 2.45) is 0 Å². The third-order valence-electron chi connectivity index (χ3n) is 2.57. The number of carbonyl (C=O) groups excluding carboxylic acids is 1. The van der Waals surface area contributed by atoms with E-state index in [1.165, 1.54) is 0 Å². The van der Waals surface area contributed by atoms with Crippen LogP contribution in [0.2, 0.25) is 0 Å². The number of anilines is 1. The molecule has 0 amide bonds. The zero-order valence-electron chi connectivity index (χ0n) is 10.5. The van der Waals surface area contributed by atoms with Gasteiger partial charge in [-0.2, -0.15) is 0 Å². The highest BCUT2D eigenvalue weighted by Crippen LogP contribution is 2.32. The van der Waals surface area contributed by atoms with Crippen LogP contribution >= 0.6 is 11.3 Å². The van der Waals surface area contributed by atoms with Gasteiger partial charge in [0.25, 0.3) is 0 Å². The number of fused-ring (bicyclic) bond motifs is 1. The molecule has 0 aliphatic carbocycles. The summed E-state index contributed by atoms with van der Waals surface area (Å²) in [7, 11) is 0. The second-order valence-corrected chi connectivity index (χ2v) is 4.83. The minimum absolute atomic E-state index is 0.275. The first kappa shape index (κ1) is 12.4. The number of carbonyl (C=O) groups is 1. The topological polar surface area (TPSA) is 91.2 Å². The van der Waals surface area contributed by atoms with E-state index in [1.807, 2.05) is 0 Å². The van der Waals surface area contributed by atoms with Crippen molar-refractivity contribution < 1.29 is 13.9 Å². The minimum Gasteiger partial charge on any atom is -0.462 e. The van der Waals surface area contributed by atoms with Crippen LogP contribution in [0, 0.1) is 12.3 Å². The van der Waals surface area contributed by atoms with E-state index in [2.05, 4.69) is 22.3 Å². The molecule has 0 aliphatic rings. The number of nitrogens with two attached hydrogens (primary N) is 1. The molecule has 3 aromatic heterocycles. The Bertz CT molecular complexity index is 765. The Morgan fingerprint density at radius 1 is 1.60 bits per heavy atom. The van der Waals surface area contributed by atoms with E-state index in [9.17, 15) is 4.79 Å². The molecule has 3 rings (SSSR count). The first-order valence-corrected chi connectivity index (χ1v) is 6.62. The molecular formula is C13H9N3O3S. The first-order valence-electron chi connectivity index (χ1n) is 5.80. The van der Waals surface area contributed by atoms with Gasteiger partial charge in [0.05, 0.1) is 18.5 Å². The molecule has 0 aliphatic heterocycles. The molecule has 100 valence electrons. The summed E-state index contributed by atoms with van der Waals surface area (Å²) in [6, 6.07) is 4.27. The van der Waals surface area contributed by atoms with Crippen LogP contribution in [0.25, 0.3) is 21.8 Å². The summed E-state index contributed by atoms with van der Waals surface area (Å²) in [5, 5.41) is 0. The average Bonchev–Trinajstić information content (AvgIpc) is 3.07. The van der Waals surface area contributed by atoms with Gasteiger partial charge in [-0.1, -0.05) is 0 Å². The van der Waals surface area contributed by atoms with Gasteiger partial charge in [-0.05, 0) is 13.0 Å². The summed E-state index contributed by atoms with van der Waals surface area (Å²) >= 11 is 1.16. The summed E-state index contributed by atoms with van der Waals surface area (Å²) in [6.45, 7) is 2.02. The van der Waals surface area contributed by atoms with Gasteiger partial charge in [-0.25, -0.2) is 14.8 Å². The number of aromatic nitrogens is 2. The molecule has 0 saturated carbocycles. The summed E-state index contributed by atoms with van der Waals surface area (Å²) in [5.41, 5.74) is 7.20. The fourth-order valence-electron chi connectivity index (χ4n) is 1.69. The number of hydrogen-bond donors (Lipinski definition) is 1. The van der Waals surface area contributed by atoms with Gasteiger partial charge in [0.2, 0.25) is 0 Å². The number of thiophene rings is 1. The van der Waals surface area contributed by atoms with Gasteiger partial charge in [0.15, 0.2) is 5.76 Å². The van der Waals surface area contributed by atoms with Crippen molar-refractivity contribution in [1.82, 2.24) is 9.97 Å². The second-order valence-electron chi connectivity index (χ2n) is 3.83. The highest BCUT2D eigenvalue weighted by molar-refractivity contribution is 7.21. The van der Waals surface area contributed by atoms with Gasteiger partial charge >= 0.3 is 5.97 Å². The van der Waals surface area contributed by atoms with Crippen LogP contribution in [-0.4, -0.2) is 22.5 Å². The van der Waals surface area contributed by atoms with E-state index in [0.29, 0.717) is 26.7 Å². The molecule has 0 fully saturated rings. The van der Waals surface area contributed by atoms with Crippen LogP contribution in [0.1, 0.15) is 16.6 Å². The first-order chi connectivity index (χ1) is 9.70. The van der Waals surface area contributed by atoms with E-state index in [0.717, 1.165) is 11.3 Å². The fraction of sp³-hybridized carbons (Fsp3) is 0.154. The van der Waals surface area contributed by atoms with Crippen molar-refractivity contribution in [3.63, 3.8) is 0 Å². The van der Waals surface area contributed by atoms with E-state index in [4.69, 9.17) is 14.9 Å². The van der Waals surface area contributed by atoms with Crippen LogP contribution in [0.15, 0.2) is 16.7 Å². The van der Waals surface area contributed by atoms with Crippen molar-refractivity contribution >= 4 is 33.3 Å². The Balaban J connectivity index is 2.11. The Labute approximate surface area is 118 Å². The molecule has 7 heteroatoms. The standard InChI is InChI=1S/C13H9N3O3S/c1-2-18-13(17)11-9(14)10-12(20-11)15-6-7(16-10)8-4-3-5-19-8/h4,6H,2,14H2,1H3. The molecule has 0 radical (unpaired) electrons. The normalized spacial score (nSPS) is 10.4. The van der Waals surface area contributed by atoms with Crippen molar-refractivity contribution in [3.8, 4) is 11.5 Å². The SMILES string of the molecule is CCOC(=O)c1sc2ncc(-c3cc#co3)nc2c1N. The third kappa shape index (κ3) is 1.96. The molecule has 0 saturated heterocycles. The number of ether oxygens (including phenoxy) is 1. The van der Waals surface area contributed by atoms with E-state index >= 15 is 0 Å². The Morgan fingerprint density at radius 2 is 2.45 bits per heavy atom. The molecule has 0 atom stereocenters. The number of hydrogen-bond acceptors (Lipinski definition) is 7. The number of esters is 1. The molecule has 0 spiro atoms. The van der Waals surface area contributed by atoms with Gasteiger partial charge < -0.3 is 14.9 Å². The quantitative estimate of drug-likeness (QED) is 0.743. The molecular weight excluding hydrogens is 278 g/mol. The lowest BCUT2D eigenvalue weighted by Crippen LogP contribution is -2.04. The van der Waals surface area contributed by atoms with Gasteiger partial charge in [-0.3, -0.25) is 0 Å². The van der Waals surface area contributed by atoms with Crippen molar-refractivity contribution in [2.75, 3.05) is 12.3 Å². The monoisotopic (exact) mass is 287 g/mol. The predicted molar refractivity (Wildman–Crippen MR) is 73.2 cm³/mol. The predicted octanol–water partition coefficient (Wildman–Crippen LogP) is 2.31. The van der Waals surface area contributed by atoms with E-state index in [-0.39, 0.29) is 12.3 Å². The van der Waals surface area contributed by atoms with Crippen LogP contribution in [0.5, 0.6) is 0 Å². The van der Waals surface area contributed by atoms with Crippen LogP contribution in [0.3, 0.4) is 0 Å². The van der Waals surface area contributed by atoms with Crippen LogP contribution < -0.4 is 5.73 Å². The summed E-state index contributed by atoms with van der Waals surface area (Å²) < 4.78 is 10.0. The molecule has 0 bridgehead atoms. The Morgan fingerprint density at radius 3 is 3.15 bits per heavy atom. The average molecular weight is 287 g/mol. The number of rotatable bonds is 3. The van der Waals surface area contributed by atoms with Crippen LogP contribution in [-0.2, 0) is 4.74 Å². The molecule has 0 aromatic carbocycles. The Hall–Kier alpha value is -2.59. The second kappa shape index (κ2) is 4.83. The molecule has 3 aromatic rings. The van der Waals surface area contributed by atoms with Crippen molar-refractivity contribution in [3.05, 3.63) is 29.5 Å². The summed E-state index contributed by atoms with van der Waals surface area (Å²) in [5.74, 6) is 0.0266. The fourth-order valence-corrected chi connectivity index (χ4v) is 2.59. The molecule has 0 unspecified atom stereocenters. The highest BCUT2D eigenvalue weighted by atomic mass is 32.1. The maximum atomic E-state index is 11.8. The maximum absolute atomic E-state index is 11.8. The van der Waals surface area contributed by atoms with Gasteiger partial charge in [0, 0.05) is 6.07 Å². The largest absolute Gasteiger partial charge is 0.462 e. The van der Waals surface area contributed by atoms with Gasteiger partial charge in [-0.15, -0.1) is 11.3 Å². The lowest BCUT2D eigenvalue weighted by Gasteiger charge is -1.99. The van der Waals surface area contributed by atoms with E-state index in [1.54, 1.807) is 19.2 Å². The molecule has 3 heterocycles. The lowest BCUT2D eigenvalue weighted by atomic mass is 10.3. The molecule has 2 N–H and O–H groups in total. The third-order valence-corrected chi connectivity index (χ3v) is 3.66. The lowest BCUT2D eigenvalue weighted by molar-refractivity contribution is 0.0533. The van der Waals surface area contributed by atoms with Crippen molar-refractivity contribution in [2.45, 2.75) is 6.92 Å². The molecule has 20 heavy (non-hydrogen) atoms. The van der Waals surface area contributed by atoms with E-state index < -0.39 is 5.97 Å². The zero-order valence-corrected chi connectivity index (χ0v) is 11.3. The summed E-state index contributed by atoms with van der Waals surface area (Å²) in [4.78, 5) is 21.3. The number of nitrogens with zero attached hydrogens (tertiary/aromatic N) is 2.